The number of hydrogen-bond donors (Lipinski definition) is 0. The van der Waals surface area contributed by atoms with E-state index in [1.165, 1.54) is 0 Å². The minimum absolute atomic E-state index is 0.0999. The molecule has 0 spiro atoms. The minimum Gasteiger partial charge on any atom is -0.206 e. The summed E-state index contributed by atoms with van der Waals surface area (Å²) < 4.78 is 83.7. The first kappa shape index (κ1) is 13.2. The summed E-state index contributed by atoms with van der Waals surface area (Å²) in [7, 11) is 0. The lowest BCUT2D eigenvalue weighted by atomic mass is 10.1. The highest BCUT2D eigenvalue weighted by Gasteiger charge is 2.48. The Bertz CT molecular complexity index is 203. The largest absolute Gasteiger partial charge is 0.394 e. The molecular weight excluding hydrogens is 217 g/mol. The van der Waals surface area contributed by atoms with Gasteiger partial charge in [-0.05, 0) is 6.08 Å². The molecule has 0 saturated carbocycles. The van der Waals surface area contributed by atoms with Crippen LogP contribution in [0.15, 0.2) is 12.7 Å². The monoisotopic (exact) mass is 224 g/mol. The molecule has 0 fully saturated rings. The van der Waals surface area contributed by atoms with Crippen molar-refractivity contribution in [3.05, 3.63) is 12.7 Å². The zero-order chi connectivity index (χ0) is 11.6. The number of rotatable bonds is 4. The van der Waals surface area contributed by atoms with E-state index in [2.05, 4.69) is 6.58 Å². The zero-order valence-electron chi connectivity index (χ0n) is 6.84. The Morgan fingerprint density at radius 2 is 1.29 bits per heavy atom. The van der Waals surface area contributed by atoms with Crippen LogP contribution in [0.2, 0.25) is 0 Å². The van der Waals surface area contributed by atoms with E-state index >= 15 is 0 Å². The predicted octanol–water partition coefficient (Wildman–Crippen LogP) is 3.79. The van der Waals surface area contributed by atoms with Crippen molar-refractivity contribution in [1.82, 2.24) is 0 Å². The Balaban J connectivity index is 4.42. The minimum atomic E-state index is -5.17. The predicted molar refractivity (Wildman–Crippen MR) is 35.4 cm³/mol. The van der Waals surface area contributed by atoms with E-state index in [0.717, 1.165) is 0 Å². The summed E-state index contributed by atoms with van der Waals surface area (Å²) in [6, 6.07) is 0. The lowest BCUT2D eigenvalue weighted by Gasteiger charge is -2.21. The molecule has 0 heterocycles. The van der Waals surface area contributed by atoms with Gasteiger partial charge in [0.1, 0.15) is 6.42 Å². The van der Waals surface area contributed by atoms with E-state index in [1.807, 2.05) is 0 Å². The third kappa shape index (κ3) is 5.82. The third-order valence-electron chi connectivity index (χ3n) is 1.25. The molecule has 7 heteroatoms. The van der Waals surface area contributed by atoms with Crippen molar-refractivity contribution in [2.24, 2.45) is 0 Å². The molecule has 14 heavy (non-hydrogen) atoms. The average molecular weight is 224 g/mol. The molecule has 0 bridgehead atoms. The van der Waals surface area contributed by atoms with Gasteiger partial charge in [0, 0.05) is 0 Å². The topological polar surface area (TPSA) is 0 Å². The van der Waals surface area contributed by atoms with Crippen LogP contribution in [0.3, 0.4) is 0 Å². The lowest BCUT2D eigenvalue weighted by molar-refractivity contribution is -0.201. The van der Waals surface area contributed by atoms with Gasteiger partial charge in [0.05, 0.1) is 6.42 Å². The van der Waals surface area contributed by atoms with Gasteiger partial charge in [0.2, 0.25) is 0 Å². The summed E-state index contributed by atoms with van der Waals surface area (Å²) in [6.45, 7) is 2.55. The molecule has 0 unspecified atom stereocenters. The molecule has 0 nitrogen and oxygen atoms in total. The van der Waals surface area contributed by atoms with E-state index in [9.17, 15) is 30.7 Å². The summed E-state index contributed by atoms with van der Waals surface area (Å²) in [6.07, 6.45) is -10.00. The maximum atomic E-state index is 12.4. The third-order valence-corrected chi connectivity index (χ3v) is 1.25. The summed E-state index contributed by atoms with van der Waals surface area (Å²) in [4.78, 5) is 0. The molecular formula is C7H7F7. The lowest BCUT2D eigenvalue weighted by Crippen LogP contribution is -2.32. The Labute approximate surface area is 75.4 Å². The van der Waals surface area contributed by atoms with Crippen LogP contribution in [-0.4, -0.2) is 18.0 Å². The normalized spacial score (nSPS) is 14.2. The molecule has 0 N–H and O–H groups in total. The molecule has 0 aliphatic rings. The van der Waals surface area contributed by atoms with Crippen LogP contribution in [0, 0.1) is 0 Å². The molecule has 0 aliphatic carbocycles. The van der Waals surface area contributed by atoms with Crippen LogP contribution < -0.4 is 0 Å². The molecule has 0 aromatic heterocycles. The molecule has 0 atom stereocenters. The van der Waals surface area contributed by atoms with Gasteiger partial charge in [0.15, 0.2) is 0 Å². The maximum Gasteiger partial charge on any atom is 0.394 e. The van der Waals surface area contributed by atoms with Gasteiger partial charge in [-0.25, -0.2) is 17.6 Å². The average Bonchev–Trinajstić information content (AvgIpc) is 1.78. The second-order valence-electron chi connectivity index (χ2n) is 2.79. The standard InChI is InChI=1S/C7H7F7/c1-2-5(8,9)3-6(10,11)4-7(12,13)14/h2H,1,3-4H2. The SMILES string of the molecule is C=CC(F)(F)CC(F)(F)CC(F)(F)F. The van der Waals surface area contributed by atoms with Gasteiger partial charge >= 0.3 is 6.18 Å². The van der Waals surface area contributed by atoms with Gasteiger partial charge < -0.3 is 0 Å². The number of allylic oxidation sites excluding steroid dienone is 1. The molecule has 0 aromatic rings. The van der Waals surface area contributed by atoms with E-state index in [1.54, 1.807) is 0 Å². The Morgan fingerprint density at radius 1 is 0.857 bits per heavy atom. The quantitative estimate of drug-likeness (QED) is 0.503. The highest BCUT2D eigenvalue weighted by atomic mass is 19.4. The van der Waals surface area contributed by atoms with Crippen molar-refractivity contribution in [2.45, 2.75) is 30.9 Å². The van der Waals surface area contributed by atoms with Crippen LogP contribution in [0.4, 0.5) is 30.7 Å². The molecule has 0 aliphatic heterocycles. The Hall–Kier alpha value is -0.750. The van der Waals surface area contributed by atoms with Crippen molar-refractivity contribution in [3.63, 3.8) is 0 Å². The summed E-state index contributed by atoms with van der Waals surface area (Å²) in [5.74, 6) is -8.47. The molecule has 84 valence electrons. The van der Waals surface area contributed by atoms with Crippen LogP contribution in [0.25, 0.3) is 0 Å². The summed E-state index contributed by atoms with van der Waals surface area (Å²) in [5.41, 5.74) is 0. The first-order chi connectivity index (χ1) is 5.97. The number of hydrogen-bond acceptors (Lipinski definition) is 0. The fraction of sp³-hybridized carbons (Fsp3) is 0.714. The number of alkyl halides is 7. The summed E-state index contributed by atoms with van der Waals surface area (Å²) in [5, 5.41) is 0. The van der Waals surface area contributed by atoms with Crippen LogP contribution in [-0.2, 0) is 0 Å². The van der Waals surface area contributed by atoms with E-state index in [4.69, 9.17) is 0 Å². The summed E-state index contributed by atoms with van der Waals surface area (Å²) >= 11 is 0. The van der Waals surface area contributed by atoms with Gasteiger partial charge in [-0.1, -0.05) is 6.58 Å². The van der Waals surface area contributed by atoms with E-state index < -0.39 is 30.9 Å². The van der Waals surface area contributed by atoms with Crippen molar-refractivity contribution in [1.29, 1.82) is 0 Å². The zero-order valence-corrected chi connectivity index (χ0v) is 6.84. The van der Waals surface area contributed by atoms with Crippen molar-refractivity contribution < 1.29 is 30.7 Å². The molecule has 0 amide bonds. The van der Waals surface area contributed by atoms with Crippen LogP contribution in [0.1, 0.15) is 12.8 Å². The Kier molecular flexibility index (Phi) is 3.58. The van der Waals surface area contributed by atoms with Crippen LogP contribution >= 0.6 is 0 Å². The maximum absolute atomic E-state index is 12.4. The van der Waals surface area contributed by atoms with Crippen molar-refractivity contribution in [2.75, 3.05) is 0 Å². The van der Waals surface area contributed by atoms with E-state index in [-0.39, 0.29) is 6.08 Å². The molecule has 0 aromatic carbocycles. The van der Waals surface area contributed by atoms with Gasteiger partial charge in [-0.2, -0.15) is 13.2 Å². The highest BCUT2D eigenvalue weighted by molar-refractivity contribution is 4.91. The van der Waals surface area contributed by atoms with Crippen molar-refractivity contribution in [3.8, 4) is 0 Å². The van der Waals surface area contributed by atoms with Gasteiger partial charge in [-0.3, -0.25) is 0 Å². The van der Waals surface area contributed by atoms with E-state index in [0.29, 0.717) is 0 Å². The second kappa shape index (κ2) is 3.78. The smallest absolute Gasteiger partial charge is 0.206 e. The fourth-order valence-electron chi connectivity index (χ4n) is 0.773. The molecule has 0 radical (unpaired) electrons. The molecule has 0 rings (SSSR count). The number of halogens is 7. The second-order valence-corrected chi connectivity index (χ2v) is 2.79. The molecule has 0 saturated heterocycles. The first-order valence-electron chi connectivity index (χ1n) is 3.43. The fourth-order valence-corrected chi connectivity index (χ4v) is 0.773. The van der Waals surface area contributed by atoms with Crippen LogP contribution in [0.5, 0.6) is 0 Å². The van der Waals surface area contributed by atoms with Crippen molar-refractivity contribution >= 4 is 0 Å². The van der Waals surface area contributed by atoms with Gasteiger partial charge in [-0.15, -0.1) is 0 Å². The highest BCUT2D eigenvalue weighted by Crippen LogP contribution is 2.38. The van der Waals surface area contributed by atoms with Gasteiger partial charge in [0.25, 0.3) is 11.8 Å². The first-order valence-corrected chi connectivity index (χ1v) is 3.43. The Morgan fingerprint density at radius 3 is 1.57 bits per heavy atom.